The number of carbonyl (C=O) groups excluding carboxylic acids is 1. The van der Waals surface area contributed by atoms with Gasteiger partial charge in [0.2, 0.25) is 17.8 Å². The molecule has 1 aromatic carbocycles. The van der Waals surface area contributed by atoms with E-state index in [1.165, 1.54) is 6.20 Å². The van der Waals surface area contributed by atoms with Crippen molar-refractivity contribution in [3.8, 4) is 11.6 Å². The van der Waals surface area contributed by atoms with Crippen LogP contribution in [0.25, 0.3) is 0 Å². The molecule has 0 aliphatic heterocycles. The van der Waals surface area contributed by atoms with E-state index in [1.54, 1.807) is 18.2 Å². The maximum absolute atomic E-state index is 11.8. The van der Waals surface area contributed by atoms with Crippen molar-refractivity contribution in [2.45, 2.75) is 12.5 Å². The Kier molecular flexibility index (Phi) is 4.24. The molecule has 1 amide bonds. The van der Waals surface area contributed by atoms with Crippen LogP contribution < -0.4 is 10.1 Å². The van der Waals surface area contributed by atoms with Gasteiger partial charge in [-0.1, -0.05) is 22.0 Å². The first-order valence-corrected chi connectivity index (χ1v) is 7.66. The predicted molar refractivity (Wildman–Crippen MR) is 86.0 cm³/mol. The molecule has 23 heavy (non-hydrogen) atoms. The Morgan fingerprint density at radius 3 is 2.83 bits per heavy atom. The molecule has 0 radical (unpaired) electrons. The van der Waals surface area contributed by atoms with E-state index in [2.05, 4.69) is 26.2 Å². The van der Waals surface area contributed by atoms with Crippen molar-refractivity contribution in [1.29, 1.82) is 0 Å². The summed E-state index contributed by atoms with van der Waals surface area (Å²) < 4.78 is 6.48. The SMILES string of the molecule is O=C(Nc1ccc(Oc2cccc(Br)c2)nc1)[C@H]1C[C@@H]1[N+](=O)[O-]. The molecule has 1 N–H and O–H groups in total. The van der Waals surface area contributed by atoms with Gasteiger partial charge < -0.3 is 10.1 Å². The fourth-order valence-electron chi connectivity index (χ4n) is 2.10. The molecular weight excluding hydrogens is 366 g/mol. The smallest absolute Gasteiger partial charge is 0.234 e. The first-order chi connectivity index (χ1) is 11.0. The van der Waals surface area contributed by atoms with Crippen LogP contribution in [0.3, 0.4) is 0 Å². The number of nitrogens with zero attached hydrogens (tertiary/aromatic N) is 2. The minimum Gasteiger partial charge on any atom is -0.439 e. The van der Waals surface area contributed by atoms with Crippen molar-refractivity contribution in [1.82, 2.24) is 4.98 Å². The number of pyridine rings is 1. The molecule has 1 aromatic heterocycles. The van der Waals surface area contributed by atoms with Crippen LogP contribution in [0.1, 0.15) is 6.42 Å². The normalized spacial score (nSPS) is 19.0. The number of nitrogens with one attached hydrogen (secondary N) is 1. The van der Waals surface area contributed by atoms with Gasteiger partial charge in [-0.3, -0.25) is 14.9 Å². The molecule has 2 atom stereocenters. The van der Waals surface area contributed by atoms with Crippen molar-refractivity contribution >= 4 is 27.5 Å². The van der Waals surface area contributed by atoms with Crippen LogP contribution in [-0.2, 0) is 4.79 Å². The molecule has 1 aliphatic carbocycles. The highest BCUT2D eigenvalue weighted by atomic mass is 79.9. The molecule has 0 spiro atoms. The van der Waals surface area contributed by atoms with Crippen LogP contribution in [0.4, 0.5) is 5.69 Å². The van der Waals surface area contributed by atoms with E-state index in [9.17, 15) is 14.9 Å². The molecular formula is C15H12BrN3O4. The first-order valence-electron chi connectivity index (χ1n) is 6.87. The predicted octanol–water partition coefficient (Wildman–Crippen LogP) is 3.24. The van der Waals surface area contributed by atoms with E-state index in [-0.39, 0.29) is 12.3 Å². The van der Waals surface area contributed by atoms with Gasteiger partial charge in [-0.25, -0.2) is 4.98 Å². The summed E-state index contributed by atoms with van der Waals surface area (Å²) in [5.74, 6) is 0.114. The van der Waals surface area contributed by atoms with Crippen molar-refractivity contribution < 1.29 is 14.5 Å². The molecule has 0 saturated heterocycles. The number of aromatic nitrogens is 1. The van der Waals surface area contributed by atoms with Gasteiger partial charge in [-0.05, 0) is 24.3 Å². The number of rotatable bonds is 5. The van der Waals surface area contributed by atoms with Gasteiger partial charge in [0.15, 0.2) is 0 Å². The van der Waals surface area contributed by atoms with E-state index in [4.69, 9.17) is 4.74 Å². The molecule has 8 heteroatoms. The van der Waals surface area contributed by atoms with Crippen molar-refractivity contribution in [2.24, 2.45) is 5.92 Å². The lowest BCUT2D eigenvalue weighted by Gasteiger charge is -2.07. The van der Waals surface area contributed by atoms with Crippen LogP contribution >= 0.6 is 15.9 Å². The fraction of sp³-hybridized carbons (Fsp3) is 0.200. The number of anilines is 1. The Morgan fingerprint density at radius 2 is 2.22 bits per heavy atom. The van der Waals surface area contributed by atoms with Crippen LogP contribution in [-0.4, -0.2) is 21.9 Å². The van der Waals surface area contributed by atoms with Crippen LogP contribution in [0, 0.1) is 16.0 Å². The lowest BCUT2D eigenvalue weighted by molar-refractivity contribution is -0.497. The molecule has 118 valence electrons. The van der Waals surface area contributed by atoms with E-state index < -0.39 is 16.9 Å². The maximum atomic E-state index is 11.8. The number of ether oxygens (including phenoxy) is 1. The summed E-state index contributed by atoms with van der Waals surface area (Å²) in [6.07, 6.45) is 1.74. The van der Waals surface area contributed by atoms with Gasteiger partial charge in [-0.15, -0.1) is 0 Å². The van der Waals surface area contributed by atoms with Gasteiger partial charge in [0.05, 0.1) is 11.9 Å². The molecule has 0 bridgehead atoms. The van der Waals surface area contributed by atoms with Gasteiger partial charge in [-0.2, -0.15) is 0 Å². The van der Waals surface area contributed by atoms with E-state index in [0.717, 1.165) is 4.47 Å². The van der Waals surface area contributed by atoms with Crippen molar-refractivity contribution in [3.63, 3.8) is 0 Å². The Bertz CT molecular complexity index is 751. The van der Waals surface area contributed by atoms with Crippen LogP contribution in [0.5, 0.6) is 11.6 Å². The average molecular weight is 378 g/mol. The zero-order chi connectivity index (χ0) is 16.4. The summed E-state index contributed by atoms with van der Waals surface area (Å²) >= 11 is 3.35. The Balaban J connectivity index is 1.59. The van der Waals surface area contributed by atoms with E-state index in [1.807, 2.05) is 18.2 Å². The number of carbonyl (C=O) groups is 1. The summed E-state index contributed by atoms with van der Waals surface area (Å²) in [4.78, 5) is 26.1. The number of amides is 1. The Hall–Kier alpha value is -2.48. The van der Waals surface area contributed by atoms with Gasteiger partial charge in [0, 0.05) is 21.9 Å². The second-order valence-electron chi connectivity index (χ2n) is 5.13. The number of halogens is 1. The number of hydrogen-bond donors (Lipinski definition) is 1. The minimum absolute atomic E-state index is 0.288. The largest absolute Gasteiger partial charge is 0.439 e. The van der Waals surface area contributed by atoms with Gasteiger partial charge >= 0.3 is 0 Å². The molecule has 1 saturated carbocycles. The third kappa shape index (κ3) is 3.84. The highest BCUT2D eigenvalue weighted by Gasteiger charge is 2.53. The monoisotopic (exact) mass is 377 g/mol. The summed E-state index contributed by atoms with van der Waals surface area (Å²) in [5, 5.41) is 13.2. The fourth-order valence-corrected chi connectivity index (χ4v) is 2.48. The average Bonchev–Trinajstić information content (AvgIpc) is 3.30. The molecule has 1 fully saturated rings. The van der Waals surface area contributed by atoms with Crippen LogP contribution in [0.15, 0.2) is 47.1 Å². The van der Waals surface area contributed by atoms with Crippen molar-refractivity contribution in [2.75, 3.05) is 5.32 Å². The lowest BCUT2D eigenvalue weighted by Crippen LogP contribution is -2.18. The quantitative estimate of drug-likeness (QED) is 0.637. The third-order valence-corrected chi connectivity index (χ3v) is 3.88. The molecule has 1 heterocycles. The summed E-state index contributed by atoms with van der Waals surface area (Å²) in [6.45, 7) is 0. The van der Waals surface area contributed by atoms with Gasteiger partial charge in [0.1, 0.15) is 11.7 Å². The standard InChI is InChI=1S/C15H12BrN3O4/c16-9-2-1-3-11(6-9)23-14-5-4-10(8-17-14)18-15(20)12-7-13(12)19(21)22/h1-6,8,12-13H,7H2,(H,18,20)/t12-,13-/m0/s1. The summed E-state index contributed by atoms with van der Waals surface area (Å²) in [7, 11) is 0. The molecule has 3 rings (SSSR count). The molecule has 2 aromatic rings. The highest BCUT2D eigenvalue weighted by Crippen LogP contribution is 2.34. The molecule has 1 aliphatic rings. The molecule has 0 unspecified atom stereocenters. The highest BCUT2D eigenvalue weighted by molar-refractivity contribution is 9.10. The zero-order valence-electron chi connectivity index (χ0n) is 11.8. The van der Waals surface area contributed by atoms with Crippen molar-refractivity contribution in [3.05, 3.63) is 57.2 Å². The lowest BCUT2D eigenvalue weighted by atomic mass is 10.3. The number of hydrogen-bond acceptors (Lipinski definition) is 5. The zero-order valence-corrected chi connectivity index (χ0v) is 13.4. The number of nitro groups is 1. The van der Waals surface area contributed by atoms with Crippen LogP contribution in [0.2, 0.25) is 0 Å². The Morgan fingerprint density at radius 1 is 1.39 bits per heavy atom. The Labute approximate surface area is 140 Å². The topological polar surface area (TPSA) is 94.4 Å². The van der Waals surface area contributed by atoms with Gasteiger partial charge in [0.25, 0.3) is 0 Å². The number of benzene rings is 1. The second kappa shape index (κ2) is 6.33. The first kappa shape index (κ1) is 15.4. The summed E-state index contributed by atoms with van der Waals surface area (Å²) in [6, 6.07) is 9.83. The minimum atomic E-state index is -0.762. The third-order valence-electron chi connectivity index (χ3n) is 3.39. The molecule has 7 nitrogen and oxygen atoms in total. The van der Waals surface area contributed by atoms with E-state index >= 15 is 0 Å². The maximum Gasteiger partial charge on any atom is 0.234 e. The van der Waals surface area contributed by atoms with E-state index in [0.29, 0.717) is 17.3 Å². The summed E-state index contributed by atoms with van der Waals surface area (Å²) in [5.41, 5.74) is 0.477. The second-order valence-corrected chi connectivity index (χ2v) is 6.04.